The zero-order valence-corrected chi connectivity index (χ0v) is 11.4. The molecule has 0 saturated carbocycles. The van der Waals surface area contributed by atoms with E-state index in [0.29, 0.717) is 0 Å². The molecule has 0 aliphatic heterocycles. The van der Waals surface area contributed by atoms with E-state index >= 15 is 0 Å². The number of benzene rings is 1. The maximum absolute atomic E-state index is 3.45. The molecule has 0 fully saturated rings. The molecule has 10 heavy (non-hydrogen) atoms. The molecule has 1 aromatic rings. The summed E-state index contributed by atoms with van der Waals surface area (Å²) in [5.74, 6) is 0. The molecule has 0 saturated heterocycles. The normalized spacial score (nSPS) is 10.2. The Morgan fingerprint density at radius 3 is 2.70 bits per heavy atom. The lowest BCUT2D eigenvalue weighted by Gasteiger charge is -1.99. The van der Waals surface area contributed by atoms with Crippen LogP contribution in [0.5, 0.6) is 0 Å². The van der Waals surface area contributed by atoms with Gasteiger partial charge in [0.2, 0.25) is 0 Å². The third kappa shape index (κ3) is 2.07. The van der Waals surface area contributed by atoms with Crippen LogP contribution in [-0.4, -0.2) is 10.2 Å². The second-order valence-corrected chi connectivity index (χ2v) is 4.87. The van der Waals surface area contributed by atoms with Crippen LogP contribution in [-0.2, 0) is 6.04 Å². The van der Waals surface area contributed by atoms with Crippen molar-refractivity contribution in [3.05, 3.63) is 31.8 Å². The van der Waals surface area contributed by atoms with Gasteiger partial charge in [0.15, 0.2) is 0 Å². The van der Waals surface area contributed by atoms with E-state index in [-0.39, 0.29) is 0 Å². The summed E-state index contributed by atoms with van der Waals surface area (Å²) in [6.07, 6.45) is 0. The number of halogens is 2. The van der Waals surface area contributed by atoms with E-state index in [1.807, 2.05) is 0 Å². The van der Waals surface area contributed by atoms with E-state index in [0.717, 1.165) is 0 Å². The molecular weight excluding hydrogens is 319 g/mol. The lowest BCUT2D eigenvalue weighted by Crippen LogP contribution is -1.87. The number of hydrogen-bond donors (Lipinski definition) is 0. The third-order valence-electron chi connectivity index (χ3n) is 1.39. The monoisotopic (exact) mass is 326 g/mol. The van der Waals surface area contributed by atoms with Gasteiger partial charge in [0.05, 0.1) is 0 Å². The highest BCUT2D eigenvalue weighted by atomic mass is 127. The van der Waals surface area contributed by atoms with E-state index in [1.165, 1.54) is 29.9 Å². The van der Waals surface area contributed by atoms with Crippen LogP contribution < -0.4 is 0 Å². The Morgan fingerprint density at radius 1 is 1.50 bits per heavy atom. The standard InChI is InChI=1S/C7H8BrISi/c8-6-1-2-7(9)5(3-6)4-10/h1-3H,4H2,10H3. The summed E-state index contributed by atoms with van der Waals surface area (Å²) in [7, 11) is 1.25. The summed E-state index contributed by atoms with van der Waals surface area (Å²) >= 11 is 5.83. The predicted molar refractivity (Wildman–Crippen MR) is 60.5 cm³/mol. The van der Waals surface area contributed by atoms with Gasteiger partial charge in [-0.2, -0.15) is 0 Å². The number of hydrogen-bond acceptors (Lipinski definition) is 0. The van der Waals surface area contributed by atoms with Crippen molar-refractivity contribution in [3.63, 3.8) is 0 Å². The molecule has 0 spiro atoms. The molecule has 0 atom stereocenters. The smallest absolute Gasteiger partial charge is 0.0178 e. The summed E-state index contributed by atoms with van der Waals surface area (Å²) < 4.78 is 2.58. The van der Waals surface area contributed by atoms with Crippen LogP contribution >= 0.6 is 38.5 Å². The van der Waals surface area contributed by atoms with E-state index < -0.39 is 0 Å². The molecule has 0 N–H and O–H groups in total. The summed E-state index contributed by atoms with van der Waals surface area (Å²) in [6.45, 7) is 0. The Labute approximate surface area is 86.1 Å². The maximum atomic E-state index is 3.45. The third-order valence-corrected chi connectivity index (χ3v) is 3.70. The highest BCUT2D eigenvalue weighted by Crippen LogP contribution is 2.17. The molecule has 0 aromatic heterocycles. The zero-order valence-electron chi connectivity index (χ0n) is 5.70. The zero-order chi connectivity index (χ0) is 7.56. The van der Waals surface area contributed by atoms with Crippen molar-refractivity contribution in [1.82, 2.24) is 0 Å². The van der Waals surface area contributed by atoms with Crippen molar-refractivity contribution in [2.75, 3.05) is 0 Å². The van der Waals surface area contributed by atoms with Crippen molar-refractivity contribution >= 4 is 48.8 Å². The van der Waals surface area contributed by atoms with Crippen LogP contribution in [0.3, 0.4) is 0 Å². The highest BCUT2D eigenvalue weighted by molar-refractivity contribution is 14.1. The maximum Gasteiger partial charge on any atom is 0.0178 e. The summed E-state index contributed by atoms with van der Waals surface area (Å²) in [4.78, 5) is 0. The molecule has 0 nitrogen and oxygen atoms in total. The van der Waals surface area contributed by atoms with Gasteiger partial charge in [-0.05, 0) is 52.4 Å². The Kier molecular flexibility index (Phi) is 3.39. The average Bonchev–Trinajstić information content (AvgIpc) is 1.94. The van der Waals surface area contributed by atoms with Crippen LogP contribution in [0, 0.1) is 3.57 Å². The van der Waals surface area contributed by atoms with Gasteiger partial charge in [0.25, 0.3) is 0 Å². The minimum absolute atomic E-state index is 1.19. The molecule has 0 unspecified atom stereocenters. The minimum Gasteiger partial charge on any atom is -0.0508 e. The summed E-state index contributed by atoms with van der Waals surface area (Å²) in [5.41, 5.74) is 1.47. The van der Waals surface area contributed by atoms with Gasteiger partial charge in [-0.1, -0.05) is 15.9 Å². The minimum atomic E-state index is 1.19. The Hall–Kier alpha value is 0.647. The van der Waals surface area contributed by atoms with E-state index in [9.17, 15) is 0 Å². The van der Waals surface area contributed by atoms with Crippen LogP contribution in [0.4, 0.5) is 0 Å². The molecule has 0 radical (unpaired) electrons. The first kappa shape index (κ1) is 8.74. The molecule has 1 rings (SSSR count). The molecule has 0 aliphatic carbocycles. The molecule has 0 bridgehead atoms. The lowest BCUT2D eigenvalue weighted by atomic mass is 10.2. The predicted octanol–water partition coefficient (Wildman–Crippen LogP) is 1.92. The second kappa shape index (κ2) is 3.87. The van der Waals surface area contributed by atoms with Gasteiger partial charge in [0, 0.05) is 18.3 Å². The molecule has 0 aliphatic rings. The molecule has 1 aromatic carbocycles. The highest BCUT2D eigenvalue weighted by Gasteiger charge is 1.95. The van der Waals surface area contributed by atoms with Crippen LogP contribution in [0.15, 0.2) is 22.7 Å². The van der Waals surface area contributed by atoms with E-state index in [4.69, 9.17) is 0 Å². The Balaban J connectivity index is 3.09. The van der Waals surface area contributed by atoms with E-state index in [2.05, 4.69) is 56.7 Å². The van der Waals surface area contributed by atoms with Crippen molar-refractivity contribution in [3.8, 4) is 0 Å². The van der Waals surface area contributed by atoms with Crippen molar-refractivity contribution in [2.45, 2.75) is 6.04 Å². The fourth-order valence-electron chi connectivity index (χ4n) is 0.814. The first-order chi connectivity index (χ1) is 4.74. The van der Waals surface area contributed by atoms with E-state index in [1.54, 1.807) is 0 Å². The van der Waals surface area contributed by atoms with Gasteiger partial charge in [-0.3, -0.25) is 0 Å². The van der Waals surface area contributed by atoms with Crippen molar-refractivity contribution in [1.29, 1.82) is 0 Å². The fourth-order valence-corrected chi connectivity index (χ4v) is 3.24. The summed E-state index contributed by atoms with van der Waals surface area (Å²) in [6, 6.07) is 7.69. The van der Waals surface area contributed by atoms with Gasteiger partial charge in [-0.25, -0.2) is 0 Å². The lowest BCUT2D eigenvalue weighted by molar-refractivity contribution is 1.35. The molecular formula is C7H8BrISi. The quantitative estimate of drug-likeness (QED) is 0.546. The SMILES string of the molecule is [SiH3]Cc1cc(Br)ccc1I. The first-order valence-electron chi connectivity index (χ1n) is 3.18. The molecule has 0 amide bonds. The van der Waals surface area contributed by atoms with Crippen LogP contribution in [0.25, 0.3) is 0 Å². The first-order valence-corrected chi connectivity index (χ1v) is 6.46. The summed E-state index contributed by atoms with van der Waals surface area (Å²) in [5, 5.41) is 0. The van der Waals surface area contributed by atoms with Gasteiger partial charge in [-0.15, -0.1) is 0 Å². The van der Waals surface area contributed by atoms with Gasteiger partial charge >= 0.3 is 0 Å². The largest absolute Gasteiger partial charge is 0.0508 e. The number of rotatable bonds is 1. The molecule has 0 heterocycles. The fraction of sp³-hybridized carbons (Fsp3) is 0.143. The topological polar surface area (TPSA) is 0 Å². The van der Waals surface area contributed by atoms with Gasteiger partial charge < -0.3 is 0 Å². The Morgan fingerprint density at radius 2 is 2.20 bits per heavy atom. The average molecular weight is 327 g/mol. The Bertz CT molecular complexity index is 237. The molecule has 54 valence electrons. The van der Waals surface area contributed by atoms with Crippen LogP contribution in [0.1, 0.15) is 5.56 Å². The van der Waals surface area contributed by atoms with Gasteiger partial charge in [0.1, 0.15) is 0 Å². The van der Waals surface area contributed by atoms with Crippen molar-refractivity contribution < 1.29 is 0 Å². The van der Waals surface area contributed by atoms with Crippen molar-refractivity contribution in [2.24, 2.45) is 0 Å². The molecule has 3 heteroatoms. The second-order valence-electron chi connectivity index (χ2n) is 2.09. The van der Waals surface area contributed by atoms with Crippen LogP contribution in [0.2, 0.25) is 0 Å².